The molecule has 0 amide bonds. The Hall–Kier alpha value is -1.46. The lowest BCUT2D eigenvalue weighted by Gasteiger charge is -2.07. The molecule has 0 saturated carbocycles. The second-order valence-corrected chi connectivity index (χ2v) is 2.48. The predicted molar refractivity (Wildman–Crippen MR) is 36.7 cm³/mol. The number of carbonyl (C=O) groups excluding carboxylic acids is 1. The van der Waals surface area contributed by atoms with Gasteiger partial charge in [-0.3, -0.25) is 4.79 Å². The molecule has 0 fully saturated rings. The highest BCUT2D eigenvalue weighted by molar-refractivity contribution is 5.75. The van der Waals surface area contributed by atoms with Gasteiger partial charge >= 0.3 is 6.18 Å². The van der Waals surface area contributed by atoms with Gasteiger partial charge in [-0.25, -0.2) is 8.78 Å². The van der Waals surface area contributed by atoms with E-state index < -0.39 is 28.9 Å². The number of alkyl halides is 3. The summed E-state index contributed by atoms with van der Waals surface area (Å²) >= 11 is 0. The molecule has 0 saturated heterocycles. The van der Waals surface area contributed by atoms with Crippen molar-refractivity contribution in [1.29, 1.82) is 0 Å². The number of aldehydes is 1. The molecule has 0 spiro atoms. The molecule has 0 bridgehead atoms. The van der Waals surface area contributed by atoms with Crippen LogP contribution in [0.1, 0.15) is 15.9 Å². The van der Waals surface area contributed by atoms with Crippen LogP contribution in [-0.4, -0.2) is 6.29 Å². The molecule has 0 N–H and O–H groups in total. The predicted octanol–water partition coefficient (Wildman–Crippen LogP) is 2.80. The average molecular weight is 210 g/mol. The number of hydrogen-bond donors (Lipinski definition) is 0. The zero-order valence-electron chi connectivity index (χ0n) is 6.53. The normalized spacial score (nSPS) is 11.5. The van der Waals surface area contributed by atoms with Crippen LogP contribution in [0.3, 0.4) is 0 Å². The van der Waals surface area contributed by atoms with Crippen LogP contribution >= 0.6 is 0 Å². The molecule has 0 atom stereocenters. The zero-order valence-corrected chi connectivity index (χ0v) is 6.53. The lowest BCUT2D eigenvalue weighted by molar-refractivity contribution is -0.137. The van der Waals surface area contributed by atoms with E-state index in [-0.39, 0.29) is 18.4 Å². The van der Waals surface area contributed by atoms with Crippen molar-refractivity contribution in [2.24, 2.45) is 0 Å². The number of carbonyl (C=O) groups is 1. The van der Waals surface area contributed by atoms with E-state index in [1.54, 1.807) is 0 Å². The van der Waals surface area contributed by atoms with Crippen LogP contribution in [0.25, 0.3) is 0 Å². The van der Waals surface area contributed by atoms with Gasteiger partial charge in [0, 0.05) is 0 Å². The van der Waals surface area contributed by atoms with Crippen LogP contribution in [0, 0.1) is 11.6 Å². The minimum Gasteiger partial charge on any atom is -0.298 e. The first-order valence-electron chi connectivity index (χ1n) is 3.37. The molecule has 0 aliphatic rings. The summed E-state index contributed by atoms with van der Waals surface area (Å²) in [5.74, 6) is -3.27. The highest BCUT2D eigenvalue weighted by Crippen LogP contribution is 2.31. The summed E-state index contributed by atoms with van der Waals surface area (Å²) in [5, 5.41) is 0. The van der Waals surface area contributed by atoms with Gasteiger partial charge in [-0.15, -0.1) is 0 Å². The van der Waals surface area contributed by atoms with Crippen molar-refractivity contribution in [3.05, 3.63) is 34.9 Å². The Bertz CT molecular complexity index is 369. The van der Waals surface area contributed by atoms with Crippen molar-refractivity contribution in [3.63, 3.8) is 0 Å². The van der Waals surface area contributed by atoms with Crippen LogP contribution in [0.5, 0.6) is 0 Å². The van der Waals surface area contributed by atoms with E-state index in [9.17, 15) is 26.7 Å². The van der Waals surface area contributed by atoms with Gasteiger partial charge < -0.3 is 0 Å². The van der Waals surface area contributed by atoms with E-state index in [0.717, 1.165) is 0 Å². The lowest BCUT2D eigenvalue weighted by atomic mass is 10.1. The second-order valence-electron chi connectivity index (χ2n) is 2.48. The van der Waals surface area contributed by atoms with Crippen molar-refractivity contribution in [3.8, 4) is 0 Å². The number of halogens is 5. The third-order valence-corrected chi connectivity index (χ3v) is 1.51. The van der Waals surface area contributed by atoms with Gasteiger partial charge in [0.2, 0.25) is 0 Å². The Morgan fingerprint density at radius 3 is 2.14 bits per heavy atom. The van der Waals surface area contributed by atoms with Crippen molar-refractivity contribution in [2.75, 3.05) is 0 Å². The van der Waals surface area contributed by atoms with Gasteiger partial charge in [0.05, 0.1) is 11.1 Å². The smallest absolute Gasteiger partial charge is 0.298 e. The van der Waals surface area contributed by atoms with Gasteiger partial charge in [0.15, 0.2) is 17.9 Å². The molecule has 14 heavy (non-hydrogen) atoms. The summed E-state index contributed by atoms with van der Waals surface area (Å²) in [6.45, 7) is 0. The summed E-state index contributed by atoms with van der Waals surface area (Å²) < 4.78 is 61.2. The van der Waals surface area contributed by atoms with Crippen LogP contribution in [0.2, 0.25) is 0 Å². The molecule has 0 aliphatic heterocycles. The minimum absolute atomic E-state index is 0.00231. The van der Waals surface area contributed by atoms with E-state index >= 15 is 0 Å². The first kappa shape index (κ1) is 10.6. The molecule has 1 nitrogen and oxygen atoms in total. The van der Waals surface area contributed by atoms with Gasteiger partial charge in [-0.2, -0.15) is 13.2 Å². The molecule has 1 rings (SSSR count). The second kappa shape index (κ2) is 3.36. The van der Waals surface area contributed by atoms with Crippen LogP contribution < -0.4 is 0 Å². The van der Waals surface area contributed by atoms with Crippen LogP contribution in [0.4, 0.5) is 22.0 Å². The first-order chi connectivity index (χ1) is 6.36. The summed E-state index contributed by atoms with van der Waals surface area (Å²) in [6.07, 6.45) is -4.97. The Morgan fingerprint density at radius 2 is 1.71 bits per heavy atom. The lowest BCUT2D eigenvalue weighted by Crippen LogP contribution is -2.08. The van der Waals surface area contributed by atoms with Gasteiger partial charge in [-0.05, 0) is 12.1 Å². The van der Waals surface area contributed by atoms with E-state index in [0.29, 0.717) is 0 Å². The maximum atomic E-state index is 12.6. The molecular weight excluding hydrogens is 207 g/mol. The van der Waals surface area contributed by atoms with Crippen molar-refractivity contribution < 1.29 is 26.7 Å². The fraction of sp³-hybridized carbons (Fsp3) is 0.125. The molecule has 0 heterocycles. The van der Waals surface area contributed by atoms with Gasteiger partial charge in [0.25, 0.3) is 0 Å². The van der Waals surface area contributed by atoms with E-state index in [4.69, 9.17) is 0 Å². The standard InChI is InChI=1S/C8H3F5O/c9-6-2-5(8(11,12)13)1-4(3-14)7(6)10/h1-3H. The summed E-state index contributed by atoms with van der Waals surface area (Å²) in [4.78, 5) is 10.1. The van der Waals surface area contributed by atoms with E-state index in [1.807, 2.05) is 0 Å². The number of benzene rings is 1. The Morgan fingerprint density at radius 1 is 1.14 bits per heavy atom. The molecule has 0 aromatic heterocycles. The molecule has 0 radical (unpaired) electrons. The molecular formula is C8H3F5O. The third-order valence-electron chi connectivity index (χ3n) is 1.51. The van der Waals surface area contributed by atoms with Crippen molar-refractivity contribution in [1.82, 2.24) is 0 Å². The molecule has 0 unspecified atom stereocenters. The summed E-state index contributed by atoms with van der Waals surface area (Å²) in [7, 11) is 0. The molecule has 0 aliphatic carbocycles. The molecule has 1 aromatic rings. The molecule has 76 valence electrons. The Kier molecular flexibility index (Phi) is 2.55. The zero-order chi connectivity index (χ0) is 10.9. The van der Waals surface area contributed by atoms with E-state index in [2.05, 4.69) is 0 Å². The molecule has 6 heteroatoms. The maximum absolute atomic E-state index is 12.6. The van der Waals surface area contributed by atoms with Crippen molar-refractivity contribution in [2.45, 2.75) is 6.18 Å². The Labute approximate surface area is 75.2 Å². The van der Waals surface area contributed by atoms with Crippen LogP contribution in [0.15, 0.2) is 12.1 Å². The largest absolute Gasteiger partial charge is 0.416 e. The highest BCUT2D eigenvalue weighted by Gasteiger charge is 2.32. The van der Waals surface area contributed by atoms with E-state index in [1.165, 1.54) is 0 Å². The quantitative estimate of drug-likeness (QED) is 0.514. The van der Waals surface area contributed by atoms with Gasteiger partial charge in [-0.1, -0.05) is 0 Å². The van der Waals surface area contributed by atoms with Crippen molar-refractivity contribution >= 4 is 6.29 Å². The topological polar surface area (TPSA) is 17.1 Å². The molecule has 1 aromatic carbocycles. The first-order valence-corrected chi connectivity index (χ1v) is 3.37. The Balaban J connectivity index is 3.37. The summed E-state index contributed by atoms with van der Waals surface area (Å²) in [5.41, 5.74) is -2.34. The fourth-order valence-corrected chi connectivity index (χ4v) is 0.860. The summed E-state index contributed by atoms with van der Waals surface area (Å²) in [6, 6.07) is 0.258. The number of hydrogen-bond acceptors (Lipinski definition) is 1. The van der Waals surface area contributed by atoms with Crippen LogP contribution in [-0.2, 0) is 6.18 Å². The monoisotopic (exact) mass is 210 g/mol. The van der Waals surface area contributed by atoms with Gasteiger partial charge in [0.1, 0.15) is 0 Å². The maximum Gasteiger partial charge on any atom is 0.416 e. The number of rotatable bonds is 1. The fourth-order valence-electron chi connectivity index (χ4n) is 0.860. The SMILES string of the molecule is O=Cc1cc(C(F)(F)F)cc(F)c1F. The third kappa shape index (κ3) is 1.89. The average Bonchev–Trinajstić information content (AvgIpc) is 2.07. The highest BCUT2D eigenvalue weighted by atomic mass is 19.4. The minimum atomic E-state index is -4.80.